The van der Waals surface area contributed by atoms with Gasteiger partial charge in [0.25, 0.3) is 0 Å². The van der Waals surface area contributed by atoms with Crippen molar-refractivity contribution in [3.8, 4) is 17.0 Å². The van der Waals surface area contributed by atoms with Crippen molar-refractivity contribution in [1.82, 2.24) is 9.38 Å². The van der Waals surface area contributed by atoms with E-state index in [4.69, 9.17) is 4.74 Å². The first-order valence-corrected chi connectivity index (χ1v) is 7.40. The van der Waals surface area contributed by atoms with Gasteiger partial charge in [-0.3, -0.25) is 9.20 Å². The van der Waals surface area contributed by atoms with Gasteiger partial charge >= 0.3 is 0 Å². The number of benzene rings is 1. The summed E-state index contributed by atoms with van der Waals surface area (Å²) in [7, 11) is 0. The summed E-state index contributed by atoms with van der Waals surface area (Å²) >= 11 is 0. The average molecular weight is 294 g/mol. The topological polar surface area (TPSA) is 43.6 Å². The Kier molecular flexibility index (Phi) is 3.92. The minimum atomic E-state index is 0.567. The van der Waals surface area contributed by atoms with Crippen LogP contribution in [0, 0.1) is 6.92 Å². The van der Waals surface area contributed by atoms with E-state index in [1.165, 1.54) is 0 Å². The molecule has 0 amide bonds. The van der Waals surface area contributed by atoms with Crippen LogP contribution in [-0.4, -0.2) is 22.3 Å². The van der Waals surface area contributed by atoms with E-state index in [0.717, 1.165) is 35.2 Å². The second kappa shape index (κ2) is 6.02. The summed E-state index contributed by atoms with van der Waals surface area (Å²) in [5.74, 6) is 0.831. The van der Waals surface area contributed by atoms with E-state index in [0.29, 0.717) is 18.0 Å². The third-order valence-corrected chi connectivity index (χ3v) is 3.53. The number of aldehydes is 1. The van der Waals surface area contributed by atoms with Crippen LogP contribution < -0.4 is 4.74 Å². The van der Waals surface area contributed by atoms with Crippen molar-refractivity contribution in [2.45, 2.75) is 20.3 Å². The molecule has 0 N–H and O–H groups in total. The Hall–Kier alpha value is -2.62. The highest BCUT2D eigenvalue weighted by molar-refractivity contribution is 5.86. The van der Waals surface area contributed by atoms with Crippen LogP contribution in [0.3, 0.4) is 0 Å². The lowest BCUT2D eigenvalue weighted by Crippen LogP contribution is -1.95. The van der Waals surface area contributed by atoms with E-state index >= 15 is 0 Å². The van der Waals surface area contributed by atoms with Gasteiger partial charge in [0, 0.05) is 11.8 Å². The molecule has 0 unspecified atom stereocenters. The number of ether oxygens (including phenoxy) is 1. The smallest absolute Gasteiger partial charge is 0.169 e. The standard InChI is InChI=1S/C18H18N2O2/c1-3-10-22-15-6-4-14(5-7-15)18-16(12-21)20-9-8-13(2)11-17(20)19-18/h4-9,11-12H,3,10H2,1-2H3. The van der Waals surface area contributed by atoms with E-state index in [1.807, 2.05) is 53.9 Å². The summed E-state index contributed by atoms with van der Waals surface area (Å²) in [6.07, 6.45) is 3.71. The normalized spacial score (nSPS) is 10.8. The molecular weight excluding hydrogens is 276 g/mol. The number of fused-ring (bicyclic) bond motifs is 1. The summed E-state index contributed by atoms with van der Waals surface area (Å²) in [5, 5.41) is 0. The average Bonchev–Trinajstić information content (AvgIpc) is 2.90. The van der Waals surface area contributed by atoms with Crippen LogP contribution in [0.2, 0.25) is 0 Å². The highest BCUT2D eigenvalue weighted by atomic mass is 16.5. The van der Waals surface area contributed by atoms with Gasteiger partial charge < -0.3 is 4.74 Å². The number of hydrogen-bond donors (Lipinski definition) is 0. The molecule has 0 aliphatic rings. The molecule has 4 heteroatoms. The summed E-state index contributed by atoms with van der Waals surface area (Å²) in [6, 6.07) is 11.6. The molecule has 3 aromatic rings. The minimum Gasteiger partial charge on any atom is -0.494 e. The number of rotatable bonds is 5. The fourth-order valence-corrected chi connectivity index (χ4v) is 2.42. The van der Waals surface area contributed by atoms with Gasteiger partial charge in [0.1, 0.15) is 22.8 Å². The number of carbonyl (C=O) groups excluding carboxylic acids is 1. The zero-order valence-corrected chi connectivity index (χ0v) is 12.7. The van der Waals surface area contributed by atoms with Crippen molar-refractivity contribution in [3.05, 3.63) is 53.9 Å². The molecule has 0 fully saturated rings. The van der Waals surface area contributed by atoms with Crippen molar-refractivity contribution in [2.24, 2.45) is 0 Å². The molecule has 0 saturated carbocycles. The highest BCUT2D eigenvalue weighted by Gasteiger charge is 2.13. The van der Waals surface area contributed by atoms with Crippen LogP contribution >= 0.6 is 0 Å². The van der Waals surface area contributed by atoms with Crippen LogP contribution in [-0.2, 0) is 0 Å². The number of imidazole rings is 1. The van der Waals surface area contributed by atoms with E-state index in [2.05, 4.69) is 11.9 Å². The first-order valence-electron chi connectivity index (χ1n) is 7.40. The predicted molar refractivity (Wildman–Crippen MR) is 86.5 cm³/mol. The molecule has 22 heavy (non-hydrogen) atoms. The Morgan fingerprint density at radius 2 is 2.00 bits per heavy atom. The lowest BCUT2D eigenvalue weighted by molar-refractivity contribution is 0.111. The zero-order chi connectivity index (χ0) is 15.5. The number of aryl methyl sites for hydroxylation is 1. The molecule has 0 saturated heterocycles. The molecule has 4 nitrogen and oxygen atoms in total. The van der Waals surface area contributed by atoms with Crippen LogP contribution in [0.25, 0.3) is 16.9 Å². The lowest BCUT2D eigenvalue weighted by atomic mass is 10.1. The van der Waals surface area contributed by atoms with E-state index in [9.17, 15) is 4.79 Å². The fraction of sp³-hybridized carbons (Fsp3) is 0.222. The van der Waals surface area contributed by atoms with Gasteiger partial charge in [-0.2, -0.15) is 0 Å². The SMILES string of the molecule is CCCOc1ccc(-c2nc3cc(C)ccn3c2C=O)cc1. The zero-order valence-electron chi connectivity index (χ0n) is 12.7. The van der Waals surface area contributed by atoms with Crippen molar-refractivity contribution in [1.29, 1.82) is 0 Å². The Morgan fingerprint density at radius 3 is 2.68 bits per heavy atom. The Labute approximate surface area is 129 Å². The highest BCUT2D eigenvalue weighted by Crippen LogP contribution is 2.25. The Bertz CT molecular complexity index is 804. The molecule has 0 atom stereocenters. The number of nitrogens with zero attached hydrogens (tertiary/aromatic N) is 2. The number of pyridine rings is 1. The second-order valence-electron chi connectivity index (χ2n) is 5.27. The molecule has 3 rings (SSSR count). The van der Waals surface area contributed by atoms with Crippen LogP contribution in [0.4, 0.5) is 0 Å². The molecule has 0 aliphatic heterocycles. The first kappa shape index (κ1) is 14.3. The summed E-state index contributed by atoms with van der Waals surface area (Å²) < 4.78 is 7.40. The van der Waals surface area contributed by atoms with Gasteiger partial charge in [0.05, 0.1) is 6.61 Å². The van der Waals surface area contributed by atoms with Crippen LogP contribution in [0.5, 0.6) is 5.75 Å². The largest absolute Gasteiger partial charge is 0.494 e. The van der Waals surface area contributed by atoms with Crippen LogP contribution in [0.1, 0.15) is 29.4 Å². The fourth-order valence-electron chi connectivity index (χ4n) is 2.42. The maximum Gasteiger partial charge on any atom is 0.169 e. The van der Waals surface area contributed by atoms with Crippen molar-refractivity contribution in [2.75, 3.05) is 6.61 Å². The van der Waals surface area contributed by atoms with Gasteiger partial charge in [0.2, 0.25) is 0 Å². The third-order valence-electron chi connectivity index (χ3n) is 3.53. The number of hydrogen-bond acceptors (Lipinski definition) is 3. The quantitative estimate of drug-likeness (QED) is 0.670. The lowest BCUT2D eigenvalue weighted by Gasteiger charge is -2.05. The molecular formula is C18H18N2O2. The molecule has 0 aliphatic carbocycles. The third kappa shape index (κ3) is 2.60. The first-order chi connectivity index (χ1) is 10.7. The van der Waals surface area contributed by atoms with Crippen molar-refractivity contribution < 1.29 is 9.53 Å². The molecule has 1 aromatic carbocycles. The Morgan fingerprint density at radius 1 is 1.23 bits per heavy atom. The monoisotopic (exact) mass is 294 g/mol. The van der Waals surface area contributed by atoms with E-state index in [1.54, 1.807) is 0 Å². The summed E-state index contributed by atoms with van der Waals surface area (Å²) in [6.45, 7) is 4.78. The number of carbonyl (C=O) groups is 1. The maximum atomic E-state index is 11.5. The van der Waals surface area contributed by atoms with E-state index < -0.39 is 0 Å². The molecule has 0 radical (unpaired) electrons. The molecule has 112 valence electrons. The van der Waals surface area contributed by atoms with Gasteiger partial charge in [-0.1, -0.05) is 6.92 Å². The molecule has 2 heterocycles. The second-order valence-corrected chi connectivity index (χ2v) is 5.27. The molecule has 2 aromatic heterocycles. The summed E-state index contributed by atoms with van der Waals surface area (Å²) in [5.41, 5.74) is 4.07. The summed E-state index contributed by atoms with van der Waals surface area (Å²) in [4.78, 5) is 16.1. The van der Waals surface area contributed by atoms with Crippen molar-refractivity contribution in [3.63, 3.8) is 0 Å². The van der Waals surface area contributed by atoms with Gasteiger partial charge in [-0.05, 0) is 55.3 Å². The van der Waals surface area contributed by atoms with E-state index in [-0.39, 0.29) is 0 Å². The predicted octanol–water partition coefficient (Wildman–Crippen LogP) is 3.91. The van der Waals surface area contributed by atoms with Gasteiger partial charge in [0.15, 0.2) is 6.29 Å². The minimum absolute atomic E-state index is 0.567. The van der Waals surface area contributed by atoms with Crippen molar-refractivity contribution >= 4 is 11.9 Å². The molecule has 0 bridgehead atoms. The van der Waals surface area contributed by atoms with Gasteiger partial charge in [-0.25, -0.2) is 4.98 Å². The van der Waals surface area contributed by atoms with Crippen LogP contribution in [0.15, 0.2) is 42.6 Å². The molecule has 0 spiro atoms. The Balaban J connectivity index is 2.03. The van der Waals surface area contributed by atoms with Gasteiger partial charge in [-0.15, -0.1) is 0 Å². The number of aromatic nitrogens is 2. The maximum absolute atomic E-state index is 11.5.